The number of carbonyl (C=O) groups is 2. The van der Waals surface area contributed by atoms with E-state index < -0.39 is 11.7 Å². The van der Waals surface area contributed by atoms with Crippen molar-refractivity contribution < 1.29 is 18.5 Å². The minimum absolute atomic E-state index is 0.000484. The molecule has 0 bridgehead atoms. The van der Waals surface area contributed by atoms with Gasteiger partial charge in [0.2, 0.25) is 0 Å². The summed E-state index contributed by atoms with van der Waals surface area (Å²) in [6.45, 7) is 0. The Balaban J connectivity index is 1.46. The van der Waals surface area contributed by atoms with E-state index in [4.69, 9.17) is 4.52 Å². The maximum Gasteiger partial charge on any atom is 0.277 e. The SMILES string of the molecule is O=C(Nc1cccc(NC(=O)c2cc(-c3ccccc3F)on2)c1)c1ccncc1. The van der Waals surface area contributed by atoms with Crippen molar-refractivity contribution in [1.82, 2.24) is 10.1 Å². The van der Waals surface area contributed by atoms with Crippen LogP contribution in [-0.4, -0.2) is 22.0 Å². The lowest BCUT2D eigenvalue weighted by Crippen LogP contribution is -2.14. The monoisotopic (exact) mass is 402 g/mol. The number of anilines is 2. The third kappa shape index (κ3) is 4.22. The Labute approximate surface area is 170 Å². The molecule has 0 aliphatic heterocycles. The highest BCUT2D eigenvalue weighted by molar-refractivity contribution is 6.06. The van der Waals surface area contributed by atoms with E-state index in [1.54, 1.807) is 48.5 Å². The molecule has 2 amide bonds. The van der Waals surface area contributed by atoms with E-state index in [1.807, 2.05) is 0 Å². The molecule has 0 atom stereocenters. The zero-order valence-corrected chi connectivity index (χ0v) is 15.5. The minimum Gasteiger partial charge on any atom is -0.355 e. The summed E-state index contributed by atoms with van der Waals surface area (Å²) >= 11 is 0. The van der Waals surface area contributed by atoms with Crippen molar-refractivity contribution in [3.8, 4) is 11.3 Å². The molecule has 0 saturated heterocycles. The van der Waals surface area contributed by atoms with Gasteiger partial charge >= 0.3 is 0 Å². The van der Waals surface area contributed by atoms with E-state index in [0.717, 1.165) is 0 Å². The highest BCUT2D eigenvalue weighted by Gasteiger charge is 2.16. The predicted molar refractivity (Wildman–Crippen MR) is 108 cm³/mol. The molecule has 2 heterocycles. The zero-order valence-electron chi connectivity index (χ0n) is 15.5. The first kappa shape index (κ1) is 19.0. The van der Waals surface area contributed by atoms with E-state index in [-0.39, 0.29) is 22.9 Å². The maximum atomic E-state index is 13.9. The number of nitrogens with zero attached hydrogens (tertiary/aromatic N) is 2. The molecule has 2 aromatic heterocycles. The van der Waals surface area contributed by atoms with Gasteiger partial charge in [-0.25, -0.2) is 4.39 Å². The van der Waals surface area contributed by atoms with Crippen LogP contribution in [0.25, 0.3) is 11.3 Å². The number of benzene rings is 2. The van der Waals surface area contributed by atoms with Gasteiger partial charge in [-0.3, -0.25) is 14.6 Å². The fourth-order valence-electron chi connectivity index (χ4n) is 2.75. The Morgan fingerprint density at radius 3 is 2.27 bits per heavy atom. The van der Waals surface area contributed by atoms with Gasteiger partial charge in [-0.15, -0.1) is 0 Å². The first-order valence-electron chi connectivity index (χ1n) is 8.94. The molecule has 30 heavy (non-hydrogen) atoms. The minimum atomic E-state index is -0.529. The van der Waals surface area contributed by atoms with Crippen LogP contribution in [0.4, 0.5) is 15.8 Å². The number of hydrogen-bond acceptors (Lipinski definition) is 5. The first-order chi connectivity index (χ1) is 14.6. The van der Waals surface area contributed by atoms with Gasteiger partial charge in [-0.05, 0) is 42.5 Å². The molecule has 2 N–H and O–H groups in total. The van der Waals surface area contributed by atoms with Crippen molar-refractivity contribution in [1.29, 1.82) is 0 Å². The number of halogens is 1. The number of aromatic nitrogens is 2. The van der Waals surface area contributed by atoms with Crippen LogP contribution >= 0.6 is 0 Å². The van der Waals surface area contributed by atoms with Gasteiger partial charge < -0.3 is 15.2 Å². The average Bonchev–Trinajstić information content (AvgIpc) is 3.25. The summed E-state index contributed by atoms with van der Waals surface area (Å²) in [5, 5.41) is 9.14. The van der Waals surface area contributed by atoms with Gasteiger partial charge in [0.1, 0.15) is 5.82 Å². The highest BCUT2D eigenvalue weighted by atomic mass is 19.1. The Morgan fingerprint density at radius 2 is 1.53 bits per heavy atom. The smallest absolute Gasteiger partial charge is 0.277 e. The average molecular weight is 402 g/mol. The van der Waals surface area contributed by atoms with E-state index >= 15 is 0 Å². The second-order valence-corrected chi connectivity index (χ2v) is 6.28. The van der Waals surface area contributed by atoms with Crippen molar-refractivity contribution in [3.05, 3.63) is 96.2 Å². The standard InChI is InChI=1S/C22H15FN4O3/c23-18-7-2-1-6-17(18)20-13-19(27-30-20)22(29)26-16-5-3-4-15(12-16)25-21(28)14-8-10-24-11-9-14/h1-13H,(H,25,28)(H,26,29). The molecule has 4 aromatic rings. The molecular formula is C22H15FN4O3. The molecule has 0 radical (unpaired) electrons. The fourth-order valence-corrected chi connectivity index (χ4v) is 2.75. The van der Waals surface area contributed by atoms with E-state index in [2.05, 4.69) is 20.8 Å². The summed E-state index contributed by atoms with van der Waals surface area (Å²) in [5.74, 6) is -1.15. The van der Waals surface area contributed by atoms with Gasteiger partial charge in [0.05, 0.1) is 5.56 Å². The van der Waals surface area contributed by atoms with Gasteiger partial charge in [0.25, 0.3) is 11.8 Å². The summed E-state index contributed by atoms with van der Waals surface area (Å²) in [4.78, 5) is 28.6. The van der Waals surface area contributed by atoms with E-state index in [9.17, 15) is 14.0 Å². The highest BCUT2D eigenvalue weighted by Crippen LogP contribution is 2.24. The Bertz CT molecular complexity index is 1210. The quantitative estimate of drug-likeness (QED) is 0.516. The number of amides is 2. The van der Waals surface area contributed by atoms with Crippen molar-refractivity contribution in [2.45, 2.75) is 0 Å². The number of pyridine rings is 1. The molecule has 0 saturated carbocycles. The molecule has 8 heteroatoms. The van der Waals surface area contributed by atoms with Crippen LogP contribution < -0.4 is 10.6 Å². The van der Waals surface area contributed by atoms with Crippen molar-refractivity contribution in [2.75, 3.05) is 10.6 Å². The topological polar surface area (TPSA) is 97.1 Å². The maximum absolute atomic E-state index is 13.9. The Hall–Kier alpha value is -4.33. The summed E-state index contributed by atoms with van der Waals surface area (Å²) in [7, 11) is 0. The van der Waals surface area contributed by atoms with Gasteiger partial charge in [0, 0.05) is 35.4 Å². The molecule has 0 aliphatic rings. The third-order valence-corrected chi connectivity index (χ3v) is 4.20. The number of carbonyl (C=O) groups excluding carboxylic acids is 2. The molecule has 0 fully saturated rings. The normalized spacial score (nSPS) is 10.4. The first-order valence-corrected chi connectivity index (χ1v) is 8.94. The molecule has 4 rings (SSSR count). The second-order valence-electron chi connectivity index (χ2n) is 6.28. The predicted octanol–water partition coefficient (Wildman–Crippen LogP) is 4.38. The Kier molecular flexibility index (Phi) is 5.29. The summed E-state index contributed by atoms with van der Waals surface area (Å²) in [5.41, 5.74) is 1.62. The van der Waals surface area contributed by atoms with Crippen LogP contribution in [-0.2, 0) is 0 Å². The lowest BCUT2D eigenvalue weighted by atomic mass is 10.1. The molecule has 7 nitrogen and oxygen atoms in total. The van der Waals surface area contributed by atoms with Gasteiger partial charge in [-0.2, -0.15) is 0 Å². The second kappa shape index (κ2) is 8.36. The van der Waals surface area contributed by atoms with Gasteiger partial charge in [0.15, 0.2) is 11.5 Å². The summed E-state index contributed by atoms with van der Waals surface area (Å²) in [6, 6.07) is 17.3. The summed E-state index contributed by atoms with van der Waals surface area (Å²) < 4.78 is 19.0. The number of hydrogen-bond donors (Lipinski definition) is 2. The van der Waals surface area contributed by atoms with Crippen LogP contribution in [0.15, 0.2) is 83.6 Å². The fraction of sp³-hybridized carbons (Fsp3) is 0. The molecule has 0 spiro atoms. The van der Waals surface area contributed by atoms with Crippen LogP contribution in [0.3, 0.4) is 0 Å². The van der Waals surface area contributed by atoms with E-state index in [0.29, 0.717) is 16.9 Å². The third-order valence-electron chi connectivity index (χ3n) is 4.20. The lowest BCUT2D eigenvalue weighted by Gasteiger charge is -2.08. The van der Waals surface area contributed by atoms with Crippen molar-refractivity contribution in [2.24, 2.45) is 0 Å². The Morgan fingerprint density at radius 1 is 0.833 bits per heavy atom. The van der Waals surface area contributed by atoms with Crippen molar-refractivity contribution >= 4 is 23.2 Å². The van der Waals surface area contributed by atoms with Crippen LogP contribution in [0.5, 0.6) is 0 Å². The van der Waals surface area contributed by atoms with Crippen LogP contribution in [0.1, 0.15) is 20.8 Å². The number of nitrogens with one attached hydrogen (secondary N) is 2. The zero-order chi connectivity index (χ0) is 20.9. The van der Waals surface area contributed by atoms with E-state index in [1.165, 1.54) is 30.6 Å². The molecular weight excluding hydrogens is 387 g/mol. The largest absolute Gasteiger partial charge is 0.355 e. The molecule has 0 aliphatic carbocycles. The van der Waals surface area contributed by atoms with Gasteiger partial charge in [-0.1, -0.05) is 23.4 Å². The summed E-state index contributed by atoms with van der Waals surface area (Å²) in [6.07, 6.45) is 3.05. The van der Waals surface area contributed by atoms with Crippen LogP contribution in [0, 0.1) is 5.82 Å². The molecule has 0 unspecified atom stereocenters. The molecule has 2 aromatic carbocycles. The molecule has 148 valence electrons. The van der Waals surface area contributed by atoms with Crippen LogP contribution in [0.2, 0.25) is 0 Å². The lowest BCUT2D eigenvalue weighted by molar-refractivity contribution is 0.101. The van der Waals surface area contributed by atoms with Crippen molar-refractivity contribution in [3.63, 3.8) is 0 Å². The number of rotatable bonds is 5.